The molecule has 1 unspecified atom stereocenters. The van der Waals surface area contributed by atoms with E-state index in [1.165, 1.54) is 4.90 Å². The average Bonchev–Trinajstić information content (AvgIpc) is 2.80. The quantitative estimate of drug-likeness (QED) is 0.929. The molecule has 2 rings (SSSR count). The molecule has 1 fully saturated rings. The highest BCUT2D eigenvalue weighted by molar-refractivity contribution is 6.31. The van der Waals surface area contributed by atoms with Crippen molar-refractivity contribution < 1.29 is 14.7 Å². The predicted octanol–water partition coefficient (Wildman–Crippen LogP) is 3.02. The number of aromatic nitrogens is 1. The molecule has 1 saturated heterocycles. The number of likely N-dealkylation sites (tertiary alicyclic amines) is 1. The number of hydrogen-bond donors (Lipinski definition) is 1. The third-order valence-electron chi connectivity index (χ3n) is 4.14. The van der Waals surface area contributed by atoms with Gasteiger partial charge in [0.05, 0.1) is 5.02 Å². The molecule has 21 heavy (non-hydrogen) atoms. The van der Waals surface area contributed by atoms with Gasteiger partial charge in [0, 0.05) is 19.3 Å². The lowest BCUT2D eigenvalue weighted by molar-refractivity contribution is -0.150. The minimum atomic E-state index is -1.14. The normalized spacial score (nSPS) is 22.3. The lowest BCUT2D eigenvalue weighted by Gasteiger charge is -2.41. The Morgan fingerprint density at radius 2 is 2.14 bits per heavy atom. The van der Waals surface area contributed by atoms with Crippen LogP contribution < -0.4 is 0 Å². The van der Waals surface area contributed by atoms with Crippen molar-refractivity contribution in [1.29, 1.82) is 0 Å². The number of piperidine rings is 1. The number of carboxylic acid groups (broad SMARTS) is 1. The van der Waals surface area contributed by atoms with Gasteiger partial charge >= 0.3 is 5.97 Å². The monoisotopic (exact) mass is 312 g/mol. The van der Waals surface area contributed by atoms with Gasteiger partial charge in [-0.1, -0.05) is 18.5 Å². The molecule has 0 aliphatic carbocycles. The molecule has 0 radical (unpaired) electrons. The summed E-state index contributed by atoms with van der Waals surface area (Å²) in [7, 11) is 0. The Bertz CT molecular complexity index is 555. The zero-order valence-electron chi connectivity index (χ0n) is 12.4. The van der Waals surface area contributed by atoms with Gasteiger partial charge in [-0.2, -0.15) is 0 Å². The van der Waals surface area contributed by atoms with Crippen molar-refractivity contribution in [2.75, 3.05) is 6.54 Å². The summed E-state index contributed by atoms with van der Waals surface area (Å²) in [5, 5.41) is 10.0. The zero-order valence-corrected chi connectivity index (χ0v) is 13.2. The maximum absolute atomic E-state index is 12.8. The molecule has 5 nitrogen and oxygen atoms in total. The van der Waals surface area contributed by atoms with Crippen molar-refractivity contribution in [3.05, 3.63) is 23.0 Å². The highest BCUT2D eigenvalue weighted by Crippen LogP contribution is 2.30. The molecule has 0 spiro atoms. The molecule has 1 aliphatic heterocycles. The van der Waals surface area contributed by atoms with E-state index in [0.29, 0.717) is 30.2 Å². The zero-order chi connectivity index (χ0) is 15.6. The summed E-state index contributed by atoms with van der Waals surface area (Å²) in [6.45, 7) is 4.80. The maximum Gasteiger partial charge on any atom is 0.329 e. The number of aliphatic carboxylic acids is 1. The molecule has 0 bridgehead atoms. The largest absolute Gasteiger partial charge is 0.480 e. The van der Waals surface area contributed by atoms with E-state index < -0.39 is 11.5 Å². The molecule has 116 valence electrons. The van der Waals surface area contributed by atoms with E-state index in [2.05, 4.69) is 0 Å². The van der Waals surface area contributed by atoms with Crippen LogP contribution in [0.5, 0.6) is 0 Å². The van der Waals surface area contributed by atoms with E-state index in [-0.39, 0.29) is 5.91 Å². The molecule has 1 N–H and O–H groups in total. The Kier molecular flexibility index (Phi) is 4.61. The van der Waals surface area contributed by atoms with Gasteiger partial charge in [-0.15, -0.1) is 0 Å². The predicted molar refractivity (Wildman–Crippen MR) is 80.7 cm³/mol. The van der Waals surface area contributed by atoms with Crippen LogP contribution in [0.1, 0.15) is 50.0 Å². The van der Waals surface area contributed by atoms with E-state index in [9.17, 15) is 14.7 Å². The van der Waals surface area contributed by atoms with E-state index >= 15 is 0 Å². The molecule has 1 aromatic rings. The Balaban J connectivity index is 2.35. The number of halogens is 1. The summed E-state index contributed by atoms with van der Waals surface area (Å²) in [6, 6.07) is 1.62. The molecule has 1 aromatic heterocycles. The molecular weight excluding hydrogens is 292 g/mol. The lowest BCUT2D eigenvalue weighted by atomic mass is 9.88. The van der Waals surface area contributed by atoms with Crippen molar-refractivity contribution in [1.82, 2.24) is 9.47 Å². The third kappa shape index (κ3) is 2.93. The first-order valence-corrected chi connectivity index (χ1v) is 7.69. The van der Waals surface area contributed by atoms with Crippen LogP contribution >= 0.6 is 11.6 Å². The molecule has 1 amide bonds. The second-order valence-corrected chi connectivity index (χ2v) is 6.17. The standard InChI is InChI=1S/C15H21ClN2O3/c1-3-7-17-10-11(16)9-12(17)13(19)18-8-5-4-6-15(18,2)14(20)21/h9-10H,3-8H2,1-2H3,(H,20,21). The van der Waals surface area contributed by atoms with Crippen LogP contribution in [0.15, 0.2) is 12.3 Å². The van der Waals surface area contributed by atoms with E-state index in [1.54, 1.807) is 19.2 Å². The molecule has 6 heteroatoms. The second-order valence-electron chi connectivity index (χ2n) is 5.73. The number of rotatable bonds is 4. The Labute approximate surface area is 129 Å². The lowest BCUT2D eigenvalue weighted by Crippen LogP contribution is -2.57. The van der Waals surface area contributed by atoms with E-state index in [4.69, 9.17) is 11.6 Å². The van der Waals surface area contributed by atoms with Crippen molar-refractivity contribution in [3.63, 3.8) is 0 Å². The van der Waals surface area contributed by atoms with Crippen molar-refractivity contribution in [3.8, 4) is 0 Å². The van der Waals surface area contributed by atoms with Crippen molar-refractivity contribution in [2.24, 2.45) is 0 Å². The van der Waals surface area contributed by atoms with Crippen molar-refractivity contribution >= 4 is 23.5 Å². The summed E-state index contributed by atoms with van der Waals surface area (Å²) in [6.07, 6.45) is 4.73. The number of carbonyl (C=O) groups is 2. The summed E-state index contributed by atoms with van der Waals surface area (Å²) >= 11 is 6.01. The Hall–Kier alpha value is -1.49. The van der Waals surface area contributed by atoms with Crippen LogP contribution in [0.3, 0.4) is 0 Å². The third-order valence-corrected chi connectivity index (χ3v) is 4.35. The highest BCUT2D eigenvalue weighted by atomic mass is 35.5. The van der Waals surface area contributed by atoms with Gasteiger partial charge in [-0.3, -0.25) is 4.79 Å². The molecule has 0 saturated carbocycles. The van der Waals surface area contributed by atoms with Gasteiger partial charge in [0.25, 0.3) is 5.91 Å². The fourth-order valence-corrected chi connectivity index (χ4v) is 3.11. The van der Waals surface area contributed by atoms with Crippen LogP contribution in [0.4, 0.5) is 0 Å². The summed E-state index contributed by atoms with van der Waals surface area (Å²) in [5.74, 6) is -1.20. The Morgan fingerprint density at radius 1 is 1.43 bits per heavy atom. The van der Waals surface area contributed by atoms with E-state index in [1.807, 2.05) is 11.5 Å². The van der Waals surface area contributed by atoms with Crippen LogP contribution in [-0.4, -0.2) is 38.5 Å². The fourth-order valence-electron chi connectivity index (χ4n) is 2.89. The van der Waals surface area contributed by atoms with Crippen LogP contribution in [0.2, 0.25) is 5.02 Å². The molecule has 1 atom stereocenters. The number of aryl methyl sites for hydroxylation is 1. The second kappa shape index (κ2) is 6.10. The topological polar surface area (TPSA) is 62.5 Å². The smallest absolute Gasteiger partial charge is 0.329 e. The van der Waals surface area contributed by atoms with Crippen LogP contribution in [0.25, 0.3) is 0 Å². The van der Waals surface area contributed by atoms with Crippen LogP contribution in [-0.2, 0) is 11.3 Å². The number of carboxylic acids is 1. The first-order chi connectivity index (χ1) is 9.90. The maximum atomic E-state index is 12.8. The molecule has 1 aliphatic rings. The van der Waals surface area contributed by atoms with Gasteiger partial charge in [0.15, 0.2) is 0 Å². The first kappa shape index (κ1) is 15.9. The number of carbonyl (C=O) groups excluding carboxylic acids is 1. The minimum Gasteiger partial charge on any atom is -0.480 e. The number of amides is 1. The van der Waals surface area contributed by atoms with Crippen LogP contribution in [0, 0.1) is 0 Å². The number of nitrogens with zero attached hydrogens (tertiary/aromatic N) is 2. The minimum absolute atomic E-state index is 0.250. The van der Waals surface area contributed by atoms with Gasteiger partial charge in [0.1, 0.15) is 11.2 Å². The fraction of sp³-hybridized carbons (Fsp3) is 0.600. The molecule has 2 heterocycles. The average molecular weight is 313 g/mol. The number of hydrogen-bond acceptors (Lipinski definition) is 2. The van der Waals surface area contributed by atoms with Gasteiger partial charge < -0.3 is 14.6 Å². The first-order valence-electron chi connectivity index (χ1n) is 7.31. The SMILES string of the molecule is CCCn1cc(Cl)cc1C(=O)N1CCCCC1(C)C(=O)O. The van der Waals surface area contributed by atoms with Gasteiger partial charge in [0.2, 0.25) is 0 Å². The van der Waals surface area contributed by atoms with Gasteiger partial charge in [-0.25, -0.2) is 4.79 Å². The summed E-state index contributed by atoms with van der Waals surface area (Å²) in [4.78, 5) is 25.9. The Morgan fingerprint density at radius 3 is 2.76 bits per heavy atom. The molecular formula is C15H21ClN2O3. The van der Waals surface area contributed by atoms with Crippen molar-refractivity contribution in [2.45, 2.75) is 51.6 Å². The van der Waals surface area contributed by atoms with Gasteiger partial charge in [-0.05, 0) is 38.7 Å². The van der Waals surface area contributed by atoms with E-state index in [0.717, 1.165) is 19.3 Å². The summed E-state index contributed by atoms with van der Waals surface area (Å²) < 4.78 is 1.81. The summed E-state index contributed by atoms with van der Waals surface area (Å²) in [5.41, 5.74) is -0.667. The molecule has 0 aromatic carbocycles. The highest BCUT2D eigenvalue weighted by Gasteiger charge is 2.44.